The summed E-state index contributed by atoms with van der Waals surface area (Å²) in [6.45, 7) is 3.81. The van der Waals surface area contributed by atoms with Crippen molar-refractivity contribution in [3.63, 3.8) is 0 Å². The predicted octanol–water partition coefficient (Wildman–Crippen LogP) is 1.29. The minimum Gasteiger partial charge on any atom is -0.346 e. The van der Waals surface area contributed by atoms with Gasteiger partial charge in [0.15, 0.2) is 0 Å². The van der Waals surface area contributed by atoms with Crippen molar-refractivity contribution in [2.45, 2.75) is 19.4 Å². The Hall–Kier alpha value is -1.10. The first-order valence-corrected chi connectivity index (χ1v) is 6.03. The van der Waals surface area contributed by atoms with Gasteiger partial charge in [-0.2, -0.15) is 0 Å². The molecule has 4 nitrogen and oxygen atoms in total. The molecule has 0 bridgehead atoms. The average molecular weight is 287 g/mol. The fourth-order valence-corrected chi connectivity index (χ4v) is 1.24. The first kappa shape index (κ1) is 13.0. The molecular formula is C11H15BrN2O2. The van der Waals surface area contributed by atoms with Crippen LogP contribution in [0.4, 0.5) is 0 Å². The molecule has 1 rings (SSSR count). The van der Waals surface area contributed by atoms with Crippen molar-refractivity contribution in [2.75, 3.05) is 5.33 Å². The molecule has 0 aromatic carbocycles. The molecule has 0 aliphatic carbocycles. The first-order valence-electron chi connectivity index (χ1n) is 4.91. The van der Waals surface area contributed by atoms with Crippen LogP contribution in [0.1, 0.15) is 24.2 Å². The van der Waals surface area contributed by atoms with Gasteiger partial charge in [-0.1, -0.05) is 15.9 Å². The van der Waals surface area contributed by atoms with E-state index in [2.05, 4.69) is 21.2 Å². The van der Waals surface area contributed by atoms with Crippen molar-refractivity contribution in [3.8, 4) is 0 Å². The van der Waals surface area contributed by atoms with Crippen molar-refractivity contribution in [3.05, 3.63) is 34.2 Å². The molecule has 0 unspecified atom stereocenters. The molecule has 0 radical (unpaired) electrons. The minimum absolute atomic E-state index is 0.190. The zero-order valence-electron chi connectivity index (χ0n) is 9.58. The molecule has 1 N–H and O–H groups in total. The van der Waals surface area contributed by atoms with Gasteiger partial charge in [-0.3, -0.25) is 9.59 Å². The molecule has 0 spiro atoms. The summed E-state index contributed by atoms with van der Waals surface area (Å²) in [5.74, 6) is -0.234. The zero-order chi connectivity index (χ0) is 12.3. The molecule has 0 saturated carbocycles. The van der Waals surface area contributed by atoms with Gasteiger partial charge in [0.05, 0.1) is 0 Å². The van der Waals surface area contributed by atoms with E-state index >= 15 is 0 Å². The third kappa shape index (κ3) is 3.20. The Bertz CT molecular complexity index is 452. The summed E-state index contributed by atoms with van der Waals surface area (Å²) >= 11 is 3.32. The summed E-state index contributed by atoms with van der Waals surface area (Å²) in [7, 11) is 1.65. The number of rotatable bonds is 3. The summed E-state index contributed by atoms with van der Waals surface area (Å²) in [6, 6.07) is 2.96. The van der Waals surface area contributed by atoms with E-state index in [0.29, 0.717) is 10.9 Å². The fourth-order valence-electron chi connectivity index (χ4n) is 1.10. The summed E-state index contributed by atoms with van der Waals surface area (Å²) < 4.78 is 1.42. The lowest BCUT2D eigenvalue weighted by atomic mass is 10.1. The standard InChI is InChI=1S/C11H15BrN2O2/c1-11(2,7-12)13-10(16)8-4-5-14(3)9(15)6-8/h4-6H,7H2,1-3H3,(H,13,16). The Morgan fingerprint density at radius 2 is 2.19 bits per heavy atom. The molecule has 0 fully saturated rings. The van der Waals surface area contributed by atoms with E-state index in [1.807, 2.05) is 13.8 Å². The lowest BCUT2D eigenvalue weighted by Gasteiger charge is -2.23. The minimum atomic E-state index is -0.335. The highest BCUT2D eigenvalue weighted by atomic mass is 79.9. The second-order valence-electron chi connectivity index (χ2n) is 4.34. The van der Waals surface area contributed by atoms with Crippen LogP contribution in [0.5, 0.6) is 0 Å². The molecule has 1 amide bonds. The van der Waals surface area contributed by atoms with Gasteiger partial charge in [0.25, 0.3) is 11.5 Å². The number of nitrogens with one attached hydrogen (secondary N) is 1. The number of carbonyl (C=O) groups is 1. The lowest BCUT2D eigenvalue weighted by Crippen LogP contribution is -2.45. The number of aromatic nitrogens is 1. The van der Waals surface area contributed by atoms with Gasteiger partial charge in [0, 0.05) is 35.7 Å². The normalized spacial score (nSPS) is 11.2. The van der Waals surface area contributed by atoms with E-state index in [1.54, 1.807) is 19.3 Å². The van der Waals surface area contributed by atoms with Crippen molar-refractivity contribution < 1.29 is 4.79 Å². The molecule has 16 heavy (non-hydrogen) atoms. The molecule has 1 heterocycles. The highest BCUT2D eigenvalue weighted by molar-refractivity contribution is 9.09. The Labute approximate surface area is 103 Å². The van der Waals surface area contributed by atoms with E-state index in [0.717, 1.165) is 0 Å². The molecule has 0 atom stereocenters. The van der Waals surface area contributed by atoms with Crippen molar-refractivity contribution >= 4 is 21.8 Å². The highest BCUT2D eigenvalue weighted by Gasteiger charge is 2.19. The van der Waals surface area contributed by atoms with Gasteiger partial charge in [0.1, 0.15) is 0 Å². The van der Waals surface area contributed by atoms with E-state index in [9.17, 15) is 9.59 Å². The second kappa shape index (κ2) is 4.82. The van der Waals surface area contributed by atoms with Gasteiger partial charge in [-0.05, 0) is 19.9 Å². The molecule has 1 aromatic rings. The second-order valence-corrected chi connectivity index (χ2v) is 4.90. The number of hydrogen-bond donors (Lipinski definition) is 1. The Morgan fingerprint density at radius 1 is 1.56 bits per heavy atom. The molecular weight excluding hydrogens is 272 g/mol. The number of halogens is 1. The van der Waals surface area contributed by atoms with Crippen LogP contribution in [0.15, 0.2) is 23.1 Å². The summed E-state index contributed by atoms with van der Waals surface area (Å²) in [5, 5.41) is 3.48. The molecule has 0 aliphatic rings. The zero-order valence-corrected chi connectivity index (χ0v) is 11.2. The number of pyridine rings is 1. The van der Waals surface area contributed by atoms with Gasteiger partial charge >= 0.3 is 0 Å². The third-order valence-corrected chi connectivity index (χ3v) is 3.55. The van der Waals surface area contributed by atoms with Crippen LogP contribution < -0.4 is 10.9 Å². The van der Waals surface area contributed by atoms with Gasteiger partial charge in [-0.25, -0.2) is 0 Å². The van der Waals surface area contributed by atoms with Crippen LogP contribution >= 0.6 is 15.9 Å². The van der Waals surface area contributed by atoms with Gasteiger partial charge in [-0.15, -0.1) is 0 Å². The fraction of sp³-hybridized carbons (Fsp3) is 0.455. The van der Waals surface area contributed by atoms with Crippen LogP contribution in [0, 0.1) is 0 Å². The average Bonchev–Trinajstić information content (AvgIpc) is 2.21. The predicted molar refractivity (Wildman–Crippen MR) is 67.0 cm³/mol. The Morgan fingerprint density at radius 3 is 2.69 bits per heavy atom. The van der Waals surface area contributed by atoms with Crippen LogP contribution in [0.25, 0.3) is 0 Å². The largest absolute Gasteiger partial charge is 0.346 e. The van der Waals surface area contributed by atoms with E-state index in [1.165, 1.54) is 10.6 Å². The summed E-state index contributed by atoms with van der Waals surface area (Å²) in [5.41, 5.74) is -0.139. The maximum atomic E-state index is 11.8. The van der Waals surface area contributed by atoms with Gasteiger partial charge in [0.2, 0.25) is 0 Å². The van der Waals surface area contributed by atoms with Crippen molar-refractivity contribution in [1.29, 1.82) is 0 Å². The van der Waals surface area contributed by atoms with Crippen molar-refractivity contribution in [1.82, 2.24) is 9.88 Å². The Balaban J connectivity index is 2.90. The molecule has 0 aliphatic heterocycles. The number of nitrogens with zero attached hydrogens (tertiary/aromatic N) is 1. The number of carbonyl (C=O) groups excluding carboxylic acids is 1. The SMILES string of the molecule is Cn1ccc(C(=O)NC(C)(C)CBr)cc1=O. The van der Waals surface area contributed by atoms with E-state index < -0.39 is 0 Å². The summed E-state index contributed by atoms with van der Waals surface area (Å²) in [4.78, 5) is 23.2. The molecule has 5 heteroatoms. The van der Waals surface area contributed by atoms with Crippen LogP contribution in [-0.2, 0) is 7.05 Å². The monoisotopic (exact) mass is 286 g/mol. The number of alkyl halides is 1. The maximum absolute atomic E-state index is 11.8. The van der Waals surface area contributed by atoms with Gasteiger partial charge < -0.3 is 9.88 Å². The van der Waals surface area contributed by atoms with Crippen LogP contribution in [-0.4, -0.2) is 21.3 Å². The quantitative estimate of drug-likeness (QED) is 0.852. The van der Waals surface area contributed by atoms with E-state index in [4.69, 9.17) is 0 Å². The van der Waals surface area contributed by atoms with Crippen molar-refractivity contribution in [2.24, 2.45) is 7.05 Å². The number of aryl methyl sites for hydroxylation is 1. The first-order chi connectivity index (χ1) is 7.35. The van der Waals surface area contributed by atoms with E-state index in [-0.39, 0.29) is 17.0 Å². The van der Waals surface area contributed by atoms with Crippen LogP contribution in [0.3, 0.4) is 0 Å². The molecule has 88 valence electrons. The summed E-state index contributed by atoms with van der Waals surface area (Å²) in [6.07, 6.45) is 1.58. The highest BCUT2D eigenvalue weighted by Crippen LogP contribution is 2.07. The lowest BCUT2D eigenvalue weighted by molar-refractivity contribution is 0.0921. The third-order valence-electron chi connectivity index (χ3n) is 2.15. The maximum Gasteiger partial charge on any atom is 0.251 e. The molecule has 0 saturated heterocycles. The Kier molecular flexibility index (Phi) is 3.91. The molecule has 1 aromatic heterocycles. The van der Waals surface area contributed by atoms with Crippen LogP contribution in [0.2, 0.25) is 0 Å². The smallest absolute Gasteiger partial charge is 0.251 e. The number of hydrogen-bond acceptors (Lipinski definition) is 2. The number of amides is 1. The topological polar surface area (TPSA) is 51.1 Å².